The van der Waals surface area contributed by atoms with Gasteiger partial charge in [-0.05, 0) is 36.6 Å². The summed E-state index contributed by atoms with van der Waals surface area (Å²) in [6.07, 6.45) is 3.38. The summed E-state index contributed by atoms with van der Waals surface area (Å²) < 4.78 is 0. The summed E-state index contributed by atoms with van der Waals surface area (Å²) in [5.74, 6) is -0.275. The minimum absolute atomic E-state index is 0.0217. The zero-order valence-electron chi connectivity index (χ0n) is 10.8. The Hall–Kier alpha value is -2.68. The summed E-state index contributed by atoms with van der Waals surface area (Å²) >= 11 is 0. The largest absolute Gasteiger partial charge is 0.338 e. The van der Waals surface area contributed by atoms with E-state index in [4.69, 9.17) is 5.26 Å². The van der Waals surface area contributed by atoms with Gasteiger partial charge in [-0.3, -0.25) is 14.9 Å². The van der Waals surface area contributed by atoms with Crippen molar-refractivity contribution in [2.24, 2.45) is 0 Å². The number of nitrogens with zero attached hydrogens (tertiary/aromatic N) is 3. The van der Waals surface area contributed by atoms with E-state index in [9.17, 15) is 14.9 Å². The highest BCUT2D eigenvalue weighted by atomic mass is 16.6. The van der Waals surface area contributed by atoms with E-state index in [0.717, 1.165) is 12.8 Å². The Morgan fingerprint density at radius 2 is 1.90 bits per heavy atom. The van der Waals surface area contributed by atoms with Gasteiger partial charge in [-0.15, -0.1) is 0 Å². The van der Waals surface area contributed by atoms with E-state index in [2.05, 4.69) is 0 Å². The molecule has 1 aliphatic rings. The van der Waals surface area contributed by atoms with E-state index in [-0.39, 0.29) is 17.2 Å². The van der Waals surface area contributed by atoms with Crippen molar-refractivity contribution < 1.29 is 9.72 Å². The first-order valence-corrected chi connectivity index (χ1v) is 6.27. The van der Waals surface area contributed by atoms with Gasteiger partial charge in [0, 0.05) is 25.2 Å². The van der Waals surface area contributed by atoms with Crippen LogP contribution in [0.2, 0.25) is 0 Å². The minimum atomic E-state index is -0.492. The average molecular weight is 271 g/mol. The average Bonchev–Trinajstić information content (AvgIpc) is 2.98. The molecule has 1 amide bonds. The number of rotatable bonds is 3. The molecular weight excluding hydrogens is 258 g/mol. The number of nitro groups is 1. The van der Waals surface area contributed by atoms with Crippen molar-refractivity contribution in [2.75, 3.05) is 13.1 Å². The Bertz CT molecular complexity index is 593. The van der Waals surface area contributed by atoms with Gasteiger partial charge >= 0.3 is 0 Å². The molecule has 20 heavy (non-hydrogen) atoms. The topological polar surface area (TPSA) is 87.2 Å². The molecule has 0 unspecified atom stereocenters. The SMILES string of the molecule is N#C/C(=C\c1ccc([N+](=O)[O-])cc1)C(=O)N1CCCC1. The molecule has 0 aromatic heterocycles. The molecule has 0 radical (unpaired) electrons. The van der Waals surface area contributed by atoms with Crippen LogP contribution in [-0.4, -0.2) is 28.8 Å². The van der Waals surface area contributed by atoms with Crippen molar-refractivity contribution in [2.45, 2.75) is 12.8 Å². The number of carbonyl (C=O) groups is 1. The van der Waals surface area contributed by atoms with Gasteiger partial charge in [-0.1, -0.05) is 0 Å². The monoisotopic (exact) mass is 271 g/mol. The standard InChI is InChI=1S/C14H13N3O3/c15-10-12(14(18)16-7-1-2-8-16)9-11-3-5-13(6-4-11)17(19)20/h3-6,9H,1-2,7-8H2/b12-9+. The summed E-state index contributed by atoms with van der Waals surface area (Å²) in [4.78, 5) is 23.8. The molecule has 6 heteroatoms. The molecule has 0 aliphatic carbocycles. The Kier molecular flexibility index (Phi) is 4.11. The van der Waals surface area contributed by atoms with Crippen LogP contribution in [0.3, 0.4) is 0 Å². The smallest absolute Gasteiger partial charge is 0.269 e. The third-order valence-corrected chi connectivity index (χ3v) is 3.16. The molecule has 1 aliphatic heterocycles. The van der Waals surface area contributed by atoms with Crippen molar-refractivity contribution >= 4 is 17.7 Å². The minimum Gasteiger partial charge on any atom is -0.338 e. The maximum Gasteiger partial charge on any atom is 0.269 e. The number of likely N-dealkylation sites (tertiary alicyclic amines) is 1. The summed E-state index contributed by atoms with van der Waals surface area (Å²) in [7, 11) is 0. The van der Waals surface area contributed by atoms with Crippen LogP contribution in [0.25, 0.3) is 6.08 Å². The van der Waals surface area contributed by atoms with Crippen LogP contribution in [0.5, 0.6) is 0 Å². The van der Waals surface area contributed by atoms with Crippen LogP contribution < -0.4 is 0 Å². The molecule has 1 aromatic rings. The second-order valence-corrected chi connectivity index (χ2v) is 4.52. The second kappa shape index (κ2) is 5.97. The third-order valence-electron chi connectivity index (χ3n) is 3.16. The molecule has 1 saturated heterocycles. The third kappa shape index (κ3) is 3.01. The predicted molar refractivity (Wildman–Crippen MR) is 72.5 cm³/mol. The number of carbonyl (C=O) groups excluding carboxylic acids is 1. The quantitative estimate of drug-likeness (QED) is 0.364. The highest BCUT2D eigenvalue weighted by Gasteiger charge is 2.21. The molecule has 0 N–H and O–H groups in total. The van der Waals surface area contributed by atoms with Gasteiger partial charge in [0.25, 0.3) is 11.6 Å². The summed E-state index contributed by atoms with van der Waals surface area (Å²) in [5.41, 5.74) is 0.631. The maximum absolute atomic E-state index is 12.1. The normalized spacial score (nSPS) is 14.9. The van der Waals surface area contributed by atoms with Gasteiger partial charge in [0.1, 0.15) is 11.6 Å². The Labute approximate surface area is 116 Å². The summed E-state index contributed by atoms with van der Waals surface area (Å²) in [5, 5.41) is 19.6. The lowest BCUT2D eigenvalue weighted by Crippen LogP contribution is -2.28. The Morgan fingerprint density at radius 3 is 2.40 bits per heavy atom. The van der Waals surface area contributed by atoms with Crippen LogP contribution in [0.1, 0.15) is 18.4 Å². The van der Waals surface area contributed by atoms with Crippen LogP contribution in [0.4, 0.5) is 5.69 Å². The molecule has 2 rings (SSSR count). The highest BCUT2D eigenvalue weighted by molar-refractivity contribution is 6.01. The first-order valence-electron chi connectivity index (χ1n) is 6.27. The Morgan fingerprint density at radius 1 is 1.30 bits per heavy atom. The highest BCUT2D eigenvalue weighted by Crippen LogP contribution is 2.16. The van der Waals surface area contributed by atoms with Crippen LogP contribution in [0.15, 0.2) is 29.8 Å². The van der Waals surface area contributed by atoms with Crippen LogP contribution >= 0.6 is 0 Å². The fourth-order valence-corrected chi connectivity index (χ4v) is 2.09. The summed E-state index contributed by atoms with van der Waals surface area (Å²) in [6.45, 7) is 1.36. The first kappa shape index (κ1) is 13.7. The number of hydrogen-bond acceptors (Lipinski definition) is 4. The molecule has 0 bridgehead atoms. The predicted octanol–water partition coefficient (Wildman–Crippen LogP) is 2.12. The molecule has 0 saturated carbocycles. The second-order valence-electron chi connectivity index (χ2n) is 4.52. The molecule has 6 nitrogen and oxygen atoms in total. The zero-order valence-corrected chi connectivity index (χ0v) is 10.8. The van der Waals surface area contributed by atoms with Crippen molar-refractivity contribution in [1.29, 1.82) is 5.26 Å². The van der Waals surface area contributed by atoms with Crippen molar-refractivity contribution in [3.05, 3.63) is 45.5 Å². The van der Waals surface area contributed by atoms with Crippen molar-refractivity contribution in [3.8, 4) is 6.07 Å². The molecule has 102 valence electrons. The van der Waals surface area contributed by atoms with Gasteiger partial charge in [0.05, 0.1) is 4.92 Å². The van der Waals surface area contributed by atoms with Gasteiger partial charge in [-0.2, -0.15) is 5.26 Å². The van der Waals surface area contributed by atoms with E-state index in [0.29, 0.717) is 18.7 Å². The maximum atomic E-state index is 12.1. The fraction of sp³-hybridized carbons (Fsp3) is 0.286. The molecule has 0 atom stereocenters. The van der Waals surface area contributed by atoms with Crippen molar-refractivity contribution in [3.63, 3.8) is 0 Å². The van der Waals surface area contributed by atoms with Crippen LogP contribution in [-0.2, 0) is 4.79 Å². The molecular formula is C14H13N3O3. The van der Waals surface area contributed by atoms with Gasteiger partial charge < -0.3 is 4.90 Å². The molecule has 1 heterocycles. The van der Waals surface area contributed by atoms with E-state index in [1.54, 1.807) is 4.90 Å². The lowest BCUT2D eigenvalue weighted by Gasteiger charge is -2.13. The molecule has 1 aromatic carbocycles. The lowest BCUT2D eigenvalue weighted by molar-refractivity contribution is -0.384. The number of hydrogen-bond donors (Lipinski definition) is 0. The van der Waals surface area contributed by atoms with Crippen molar-refractivity contribution in [1.82, 2.24) is 4.90 Å². The number of non-ortho nitro benzene ring substituents is 1. The van der Waals surface area contributed by atoms with E-state index in [1.807, 2.05) is 6.07 Å². The number of amides is 1. The molecule has 0 spiro atoms. The first-order chi connectivity index (χ1) is 9.61. The van der Waals surface area contributed by atoms with E-state index < -0.39 is 4.92 Å². The van der Waals surface area contributed by atoms with Gasteiger partial charge in [0.15, 0.2) is 0 Å². The van der Waals surface area contributed by atoms with E-state index in [1.165, 1.54) is 30.3 Å². The molecule has 1 fully saturated rings. The van der Waals surface area contributed by atoms with Gasteiger partial charge in [-0.25, -0.2) is 0 Å². The Balaban J connectivity index is 2.20. The lowest BCUT2D eigenvalue weighted by atomic mass is 10.1. The van der Waals surface area contributed by atoms with E-state index >= 15 is 0 Å². The van der Waals surface area contributed by atoms with Crippen LogP contribution in [0, 0.1) is 21.4 Å². The number of benzene rings is 1. The summed E-state index contributed by atoms with van der Waals surface area (Å²) in [6, 6.07) is 7.64. The van der Waals surface area contributed by atoms with Gasteiger partial charge in [0.2, 0.25) is 0 Å². The fourth-order valence-electron chi connectivity index (χ4n) is 2.09. The zero-order chi connectivity index (χ0) is 14.5. The number of nitro benzene ring substituents is 1. The number of nitriles is 1.